The number of pyridine rings is 1. The van der Waals surface area contributed by atoms with E-state index in [9.17, 15) is 0 Å². The smallest absolute Gasteiger partial charge is 0.203 e. The van der Waals surface area contributed by atoms with E-state index in [0.29, 0.717) is 19.8 Å². The highest BCUT2D eigenvalue weighted by molar-refractivity contribution is 5.80. The van der Waals surface area contributed by atoms with Crippen molar-refractivity contribution in [1.82, 2.24) is 4.98 Å². The Kier molecular flexibility index (Phi) is 53.2. The molecule has 1 aromatic carbocycles. The Bertz CT molecular complexity index is 1430. The SMILES string of the molecule is CCCCCCCCCCCCCCCCCCCCOc1cc(N=Cc2ccccn2)cc(OCCCCCCCCCCCCCCCCCCCC)c1OCCCCCCCCCCCCCCCCCCCC. The fourth-order valence-electron chi connectivity index (χ4n) is 11.1. The lowest BCUT2D eigenvalue weighted by atomic mass is 10.0. The number of ether oxygens (including phenoxy) is 3. The van der Waals surface area contributed by atoms with Crippen LogP contribution in [0.2, 0.25) is 0 Å². The fourth-order valence-corrected chi connectivity index (χ4v) is 11.1. The summed E-state index contributed by atoms with van der Waals surface area (Å²) in [5.41, 5.74) is 1.65. The zero-order valence-corrected chi connectivity index (χ0v) is 52.0. The van der Waals surface area contributed by atoms with E-state index in [2.05, 4.69) is 37.9 Å². The average molecular weight is 1070 g/mol. The van der Waals surface area contributed by atoms with Crippen molar-refractivity contribution < 1.29 is 14.2 Å². The van der Waals surface area contributed by atoms with Crippen LogP contribution in [0.5, 0.6) is 17.2 Å². The largest absolute Gasteiger partial charge is 0.489 e. The second kappa shape index (κ2) is 58.1. The summed E-state index contributed by atoms with van der Waals surface area (Å²) in [7, 11) is 0. The Hall–Kier alpha value is -2.56. The van der Waals surface area contributed by atoms with E-state index in [0.717, 1.165) is 47.9 Å². The highest BCUT2D eigenvalue weighted by atomic mass is 16.5. The Morgan fingerprint density at radius 2 is 0.558 bits per heavy atom. The van der Waals surface area contributed by atoms with Crippen LogP contribution in [0.15, 0.2) is 41.5 Å². The number of unbranched alkanes of at least 4 members (excludes halogenated alkanes) is 51. The first kappa shape index (κ1) is 70.5. The maximum absolute atomic E-state index is 6.68. The number of hydrogen-bond acceptors (Lipinski definition) is 5. The van der Waals surface area contributed by atoms with Crippen molar-refractivity contribution >= 4 is 11.9 Å². The molecule has 0 radical (unpaired) electrons. The van der Waals surface area contributed by atoms with Crippen molar-refractivity contribution in [3.63, 3.8) is 0 Å². The topological polar surface area (TPSA) is 52.9 Å². The Balaban J connectivity index is 1.81. The van der Waals surface area contributed by atoms with E-state index >= 15 is 0 Å². The molecular weight excluding hydrogens is 941 g/mol. The van der Waals surface area contributed by atoms with Crippen LogP contribution in [0.3, 0.4) is 0 Å². The summed E-state index contributed by atoms with van der Waals surface area (Å²) < 4.78 is 20.0. The van der Waals surface area contributed by atoms with Gasteiger partial charge >= 0.3 is 0 Å². The first-order chi connectivity index (χ1) is 38.3. The number of rotatable bonds is 62. The summed E-state index contributed by atoms with van der Waals surface area (Å²) in [4.78, 5) is 9.38. The Labute approximate surface area is 480 Å². The van der Waals surface area contributed by atoms with Gasteiger partial charge < -0.3 is 14.2 Å². The normalized spacial score (nSPS) is 11.6. The van der Waals surface area contributed by atoms with Crippen LogP contribution in [-0.2, 0) is 0 Å². The maximum atomic E-state index is 6.68. The molecule has 0 saturated heterocycles. The third-order valence-electron chi connectivity index (χ3n) is 16.3. The van der Waals surface area contributed by atoms with Gasteiger partial charge in [0.1, 0.15) is 0 Å². The number of benzene rings is 1. The first-order valence-electron chi connectivity index (χ1n) is 34.8. The molecule has 0 atom stereocenters. The molecule has 2 aromatic rings. The molecule has 5 nitrogen and oxygen atoms in total. The van der Waals surface area contributed by atoms with Gasteiger partial charge in [0.2, 0.25) is 5.75 Å². The zero-order valence-electron chi connectivity index (χ0n) is 52.0. The molecule has 0 aliphatic carbocycles. The van der Waals surface area contributed by atoms with Crippen molar-refractivity contribution in [1.29, 1.82) is 0 Å². The molecule has 77 heavy (non-hydrogen) atoms. The van der Waals surface area contributed by atoms with Crippen LogP contribution in [0.4, 0.5) is 5.69 Å². The van der Waals surface area contributed by atoms with E-state index in [1.807, 2.05) is 30.6 Å². The standard InChI is InChI=1S/C72H130N2O3/c1-4-7-10-13-16-19-22-25-28-31-34-37-40-43-46-49-52-57-62-75-70-65-69(74-67-68-60-55-56-61-73-68)66-71(76-63-58-53-50-47-44-41-38-35-32-29-26-23-20-17-14-11-8-5-2)72(70)77-64-59-54-51-48-45-42-39-36-33-30-27-24-21-18-15-12-9-6-3/h55-56,60-61,65-67H,4-54,57-59,62-64H2,1-3H3. The van der Waals surface area contributed by atoms with Gasteiger partial charge in [-0.15, -0.1) is 0 Å². The van der Waals surface area contributed by atoms with Crippen LogP contribution >= 0.6 is 0 Å². The maximum Gasteiger partial charge on any atom is 0.203 e. The van der Waals surface area contributed by atoms with Crippen LogP contribution in [0.25, 0.3) is 0 Å². The van der Waals surface area contributed by atoms with Gasteiger partial charge in [-0.3, -0.25) is 9.98 Å². The summed E-state index contributed by atoms with van der Waals surface area (Å²) in [6.07, 6.45) is 78.0. The van der Waals surface area contributed by atoms with Gasteiger partial charge in [0, 0.05) is 18.3 Å². The third-order valence-corrected chi connectivity index (χ3v) is 16.3. The molecule has 1 aromatic heterocycles. The predicted octanol–water partition coefficient (Wildman–Crippen LogP) is 25.1. The Morgan fingerprint density at radius 1 is 0.312 bits per heavy atom. The van der Waals surface area contributed by atoms with Crippen molar-refractivity contribution in [3.05, 3.63) is 42.2 Å². The lowest BCUT2D eigenvalue weighted by Crippen LogP contribution is -2.06. The minimum absolute atomic E-state index is 0.681. The average Bonchev–Trinajstić information content (AvgIpc) is 3.45. The molecule has 0 saturated carbocycles. The van der Waals surface area contributed by atoms with E-state index in [1.54, 1.807) is 0 Å². The minimum Gasteiger partial charge on any atom is -0.489 e. The quantitative estimate of drug-likeness (QED) is 0.0489. The lowest BCUT2D eigenvalue weighted by molar-refractivity contribution is 0.234. The number of aliphatic imine (C=N–C) groups is 1. The minimum atomic E-state index is 0.681. The summed E-state index contributed by atoms with van der Waals surface area (Å²) >= 11 is 0. The molecule has 446 valence electrons. The van der Waals surface area contributed by atoms with E-state index in [4.69, 9.17) is 19.2 Å². The third kappa shape index (κ3) is 46.9. The summed E-state index contributed by atoms with van der Waals surface area (Å²) in [6, 6.07) is 10.1. The van der Waals surface area contributed by atoms with Crippen LogP contribution in [-0.4, -0.2) is 31.0 Å². The van der Waals surface area contributed by atoms with Crippen LogP contribution < -0.4 is 14.2 Å². The van der Waals surface area contributed by atoms with Gasteiger partial charge in [-0.1, -0.05) is 354 Å². The monoisotopic (exact) mass is 1070 g/mol. The molecule has 0 fully saturated rings. The van der Waals surface area contributed by atoms with Gasteiger partial charge in [0.05, 0.1) is 37.4 Å². The zero-order chi connectivity index (χ0) is 54.7. The first-order valence-corrected chi connectivity index (χ1v) is 34.8. The highest BCUT2D eigenvalue weighted by Crippen LogP contribution is 2.42. The number of nitrogens with zero attached hydrogens (tertiary/aromatic N) is 2. The van der Waals surface area contributed by atoms with Crippen LogP contribution in [0.1, 0.15) is 373 Å². The number of hydrogen-bond donors (Lipinski definition) is 0. The van der Waals surface area contributed by atoms with Gasteiger partial charge in [0.15, 0.2) is 11.5 Å². The summed E-state index contributed by atoms with van der Waals surface area (Å²) in [5, 5.41) is 0. The predicted molar refractivity (Wildman–Crippen MR) is 341 cm³/mol. The van der Waals surface area contributed by atoms with E-state index < -0.39 is 0 Å². The van der Waals surface area contributed by atoms with Gasteiger partial charge in [-0.2, -0.15) is 0 Å². The van der Waals surface area contributed by atoms with Crippen molar-refractivity contribution in [3.8, 4) is 17.2 Å². The molecule has 1 heterocycles. The molecule has 0 aliphatic heterocycles. The molecule has 0 aliphatic rings. The van der Waals surface area contributed by atoms with Gasteiger partial charge in [-0.25, -0.2) is 0 Å². The van der Waals surface area contributed by atoms with E-state index in [-0.39, 0.29) is 0 Å². The van der Waals surface area contributed by atoms with Crippen molar-refractivity contribution in [2.75, 3.05) is 19.8 Å². The molecule has 0 bridgehead atoms. The highest BCUT2D eigenvalue weighted by Gasteiger charge is 2.16. The van der Waals surface area contributed by atoms with Gasteiger partial charge in [0.25, 0.3) is 0 Å². The molecule has 0 N–H and O–H groups in total. The molecule has 2 rings (SSSR count). The Morgan fingerprint density at radius 3 is 0.805 bits per heavy atom. The number of aromatic nitrogens is 1. The molecule has 0 spiro atoms. The van der Waals surface area contributed by atoms with Crippen molar-refractivity contribution in [2.45, 2.75) is 367 Å². The van der Waals surface area contributed by atoms with Crippen LogP contribution in [0, 0.1) is 0 Å². The fraction of sp³-hybridized carbons (Fsp3) is 0.833. The molecule has 0 unspecified atom stereocenters. The van der Waals surface area contributed by atoms with E-state index in [1.165, 1.54) is 327 Å². The van der Waals surface area contributed by atoms with Gasteiger partial charge in [-0.05, 0) is 31.4 Å². The molecular formula is C72H130N2O3. The second-order valence-corrected chi connectivity index (χ2v) is 23.9. The summed E-state index contributed by atoms with van der Waals surface area (Å²) in [5.74, 6) is 2.30. The summed E-state index contributed by atoms with van der Waals surface area (Å²) in [6.45, 7) is 8.96. The molecule has 5 heteroatoms. The lowest BCUT2D eigenvalue weighted by Gasteiger charge is -2.18. The van der Waals surface area contributed by atoms with Crippen molar-refractivity contribution in [2.24, 2.45) is 4.99 Å². The molecule has 0 amide bonds. The second-order valence-electron chi connectivity index (χ2n) is 23.9.